The average Bonchev–Trinajstić information content (AvgIpc) is 3.07. The van der Waals surface area contributed by atoms with Crippen molar-refractivity contribution in [1.82, 2.24) is 10.3 Å². The Morgan fingerprint density at radius 1 is 1.29 bits per heavy atom. The standard InChI is InChI=1S/C18H13Cl2N3O3S2/c1-10-3-2-4-11(5-10)7-22-17(24)15-6-14(23(25)26)18(27-15)28-16-12(19)8-21-9-13(16)20/h2-6,8-9H,7H2,1H3,(H,22,24). The van der Waals surface area contributed by atoms with Gasteiger partial charge in [-0.15, -0.1) is 11.3 Å². The zero-order valence-electron chi connectivity index (χ0n) is 14.4. The first-order valence-electron chi connectivity index (χ1n) is 7.94. The summed E-state index contributed by atoms with van der Waals surface area (Å²) in [5, 5.41) is 14.8. The predicted molar refractivity (Wildman–Crippen MR) is 112 cm³/mol. The summed E-state index contributed by atoms with van der Waals surface area (Å²) in [6, 6.07) is 9.00. The number of carbonyl (C=O) groups excluding carboxylic acids is 1. The molecule has 0 aliphatic carbocycles. The molecule has 6 nitrogen and oxygen atoms in total. The van der Waals surface area contributed by atoms with Crippen molar-refractivity contribution < 1.29 is 9.72 Å². The fourth-order valence-corrected chi connectivity index (χ4v) is 5.14. The molecule has 10 heteroatoms. The van der Waals surface area contributed by atoms with E-state index in [1.807, 2.05) is 31.2 Å². The average molecular weight is 454 g/mol. The summed E-state index contributed by atoms with van der Waals surface area (Å²) in [4.78, 5) is 27.9. The molecule has 3 aromatic rings. The molecule has 28 heavy (non-hydrogen) atoms. The molecule has 0 radical (unpaired) electrons. The topological polar surface area (TPSA) is 85.1 Å². The van der Waals surface area contributed by atoms with Crippen molar-refractivity contribution in [3.8, 4) is 0 Å². The minimum atomic E-state index is -0.529. The monoisotopic (exact) mass is 453 g/mol. The van der Waals surface area contributed by atoms with E-state index in [-0.39, 0.29) is 26.5 Å². The van der Waals surface area contributed by atoms with Gasteiger partial charge in [-0.3, -0.25) is 19.9 Å². The number of rotatable bonds is 6. The molecule has 0 bridgehead atoms. The molecule has 0 saturated heterocycles. The van der Waals surface area contributed by atoms with Gasteiger partial charge in [-0.05, 0) is 12.5 Å². The molecule has 0 spiro atoms. The quantitative estimate of drug-likeness (QED) is 0.379. The summed E-state index contributed by atoms with van der Waals surface area (Å²) in [6.07, 6.45) is 2.81. The summed E-state index contributed by atoms with van der Waals surface area (Å²) in [6.45, 7) is 2.30. The number of aromatic nitrogens is 1. The number of nitrogens with zero attached hydrogens (tertiary/aromatic N) is 2. The van der Waals surface area contributed by atoms with Gasteiger partial charge < -0.3 is 5.32 Å². The summed E-state index contributed by atoms with van der Waals surface area (Å²) in [7, 11) is 0. The van der Waals surface area contributed by atoms with Crippen LogP contribution >= 0.6 is 46.3 Å². The number of carbonyl (C=O) groups is 1. The second kappa shape index (κ2) is 8.91. The number of thiophene rings is 1. The van der Waals surface area contributed by atoms with E-state index >= 15 is 0 Å². The first-order chi connectivity index (χ1) is 13.3. The molecule has 0 fully saturated rings. The number of hydrogen-bond acceptors (Lipinski definition) is 6. The number of benzene rings is 1. The third-order valence-corrected chi connectivity index (χ3v) is 6.89. The summed E-state index contributed by atoms with van der Waals surface area (Å²) in [5.41, 5.74) is 1.87. The molecule has 2 heterocycles. The molecule has 1 aromatic carbocycles. The molecule has 0 aliphatic heterocycles. The lowest BCUT2D eigenvalue weighted by atomic mass is 10.1. The van der Waals surface area contributed by atoms with E-state index < -0.39 is 4.92 Å². The lowest BCUT2D eigenvalue weighted by Gasteiger charge is -2.05. The highest BCUT2D eigenvalue weighted by molar-refractivity contribution is 8.01. The van der Waals surface area contributed by atoms with Gasteiger partial charge in [0, 0.05) is 25.0 Å². The Balaban J connectivity index is 1.82. The number of pyridine rings is 1. The van der Waals surface area contributed by atoms with E-state index in [1.54, 1.807) is 0 Å². The van der Waals surface area contributed by atoms with Crippen LogP contribution in [-0.4, -0.2) is 15.8 Å². The number of nitrogens with one attached hydrogen (secondary N) is 1. The predicted octanol–water partition coefficient (Wildman–Crippen LogP) is 5.75. The molecule has 2 aromatic heterocycles. The van der Waals surface area contributed by atoms with Crippen LogP contribution in [0.25, 0.3) is 0 Å². The van der Waals surface area contributed by atoms with Gasteiger partial charge in [0.25, 0.3) is 11.6 Å². The van der Waals surface area contributed by atoms with Crippen LogP contribution in [0, 0.1) is 17.0 Å². The lowest BCUT2D eigenvalue weighted by molar-refractivity contribution is -0.387. The van der Waals surface area contributed by atoms with Crippen LogP contribution in [0.1, 0.15) is 20.8 Å². The maximum Gasteiger partial charge on any atom is 0.294 e. The van der Waals surface area contributed by atoms with Crippen molar-refractivity contribution in [2.45, 2.75) is 22.6 Å². The Morgan fingerprint density at radius 3 is 2.64 bits per heavy atom. The molecule has 0 atom stereocenters. The van der Waals surface area contributed by atoms with Gasteiger partial charge in [0.1, 0.15) is 9.09 Å². The van der Waals surface area contributed by atoms with Crippen LogP contribution in [0.4, 0.5) is 5.69 Å². The summed E-state index contributed by atoms with van der Waals surface area (Å²) < 4.78 is 0.320. The van der Waals surface area contributed by atoms with Crippen LogP contribution in [0.15, 0.2) is 51.8 Å². The van der Waals surface area contributed by atoms with Crippen molar-refractivity contribution in [3.63, 3.8) is 0 Å². The van der Waals surface area contributed by atoms with Crippen LogP contribution < -0.4 is 5.32 Å². The van der Waals surface area contributed by atoms with Crippen LogP contribution in [0.3, 0.4) is 0 Å². The zero-order chi connectivity index (χ0) is 20.3. The zero-order valence-corrected chi connectivity index (χ0v) is 17.6. The highest BCUT2D eigenvalue weighted by atomic mass is 35.5. The van der Waals surface area contributed by atoms with Crippen molar-refractivity contribution in [2.75, 3.05) is 0 Å². The van der Waals surface area contributed by atoms with Gasteiger partial charge in [0.15, 0.2) is 0 Å². The highest BCUT2D eigenvalue weighted by Crippen LogP contribution is 2.45. The number of hydrogen-bond donors (Lipinski definition) is 1. The van der Waals surface area contributed by atoms with E-state index in [2.05, 4.69) is 10.3 Å². The SMILES string of the molecule is Cc1cccc(CNC(=O)c2cc([N+](=O)[O-])c(Sc3c(Cl)cncc3Cl)s2)c1. The molecule has 1 amide bonds. The maximum atomic E-state index is 12.5. The molecule has 144 valence electrons. The highest BCUT2D eigenvalue weighted by Gasteiger charge is 2.24. The molecule has 0 saturated carbocycles. The Bertz CT molecular complexity index is 1040. The first-order valence-corrected chi connectivity index (χ1v) is 10.3. The Labute approximate surface area is 179 Å². The Morgan fingerprint density at radius 2 is 2.00 bits per heavy atom. The minimum absolute atomic E-state index is 0.167. The van der Waals surface area contributed by atoms with Crippen LogP contribution in [-0.2, 0) is 6.54 Å². The van der Waals surface area contributed by atoms with Crippen LogP contribution in [0.5, 0.6) is 0 Å². The lowest BCUT2D eigenvalue weighted by Crippen LogP contribution is -2.21. The Kier molecular flexibility index (Phi) is 6.56. The van der Waals surface area contributed by atoms with Gasteiger partial charge in [0.05, 0.1) is 19.9 Å². The van der Waals surface area contributed by atoms with E-state index in [4.69, 9.17) is 23.2 Å². The molecular formula is C18H13Cl2N3O3S2. The molecule has 1 N–H and O–H groups in total. The van der Waals surface area contributed by atoms with Crippen molar-refractivity contribution in [3.05, 3.63) is 78.9 Å². The van der Waals surface area contributed by atoms with E-state index in [0.717, 1.165) is 34.2 Å². The molecule has 3 rings (SSSR count). The third kappa shape index (κ3) is 4.82. The van der Waals surface area contributed by atoms with Gasteiger partial charge in [-0.1, -0.05) is 64.8 Å². The van der Waals surface area contributed by atoms with E-state index in [0.29, 0.717) is 15.6 Å². The van der Waals surface area contributed by atoms with Gasteiger partial charge in [0.2, 0.25) is 0 Å². The summed E-state index contributed by atoms with van der Waals surface area (Å²) >= 11 is 14.3. The van der Waals surface area contributed by atoms with Gasteiger partial charge in [-0.25, -0.2) is 0 Å². The maximum absolute atomic E-state index is 12.5. The van der Waals surface area contributed by atoms with Crippen molar-refractivity contribution in [1.29, 1.82) is 0 Å². The third-order valence-electron chi connectivity index (χ3n) is 3.64. The Hall–Kier alpha value is -2.13. The van der Waals surface area contributed by atoms with Crippen molar-refractivity contribution in [2.24, 2.45) is 0 Å². The second-order valence-corrected chi connectivity index (χ2v) is 8.89. The number of aryl methyl sites for hydroxylation is 1. The number of amides is 1. The largest absolute Gasteiger partial charge is 0.347 e. The molecule has 0 aliphatic rings. The normalized spacial score (nSPS) is 10.7. The van der Waals surface area contributed by atoms with Crippen molar-refractivity contribution >= 4 is 57.9 Å². The molecular weight excluding hydrogens is 441 g/mol. The summed E-state index contributed by atoms with van der Waals surface area (Å²) in [5.74, 6) is -0.381. The second-order valence-electron chi connectivity index (χ2n) is 5.75. The van der Waals surface area contributed by atoms with Gasteiger partial charge >= 0.3 is 0 Å². The fraction of sp³-hybridized carbons (Fsp3) is 0.111. The number of nitro groups is 1. The van der Waals surface area contributed by atoms with E-state index in [1.165, 1.54) is 18.5 Å². The van der Waals surface area contributed by atoms with E-state index in [9.17, 15) is 14.9 Å². The van der Waals surface area contributed by atoms with Gasteiger partial charge in [-0.2, -0.15) is 0 Å². The number of halogens is 2. The fourth-order valence-electron chi connectivity index (χ4n) is 2.36. The minimum Gasteiger partial charge on any atom is -0.347 e. The molecule has 0 unspecified atom stereocenters. The smallest absolute Gasteiger partial charge is 0.294 e. The first kappa shape index (κ1) is 20.6. The van der Waals surface area contributed by atoms with Crippen LogP contribution in [0.2, 0.25) is 10.0 Å².